The zero-order valence-electron chi connectivity index (χ0n) is 11.9. The molecule has 3 rings (SSSR count). The van der Waals surface area contributed by atoms with Crippen LogP contribution < -0.4 is 11.3 Å². The fourth-order valence-corrected chi connectivity index (χ4v) is 3.30. The van der Waals surface area contributed by atoms with E-state index in [2.05, 4.69) is 38.5 Å². The number of aryl methyl sites for hydroxylation is 1. The Hall–Kier alpha value is -1.46. The first kappa shape index (κ1) is 14.5. The molecule has 0 amide bonds. The lowest BCUT2D eigenvalue weighted by atomic mass is 10.1. The predicted octanol–water partition coefficient (Wildman–Crippen LogP) is 3.38. The molecule has 2 aromatic rings. The summed E-state index contributed by atoms with van der Waals surface area (Å²) in [5, 5.41) is 0. The highest BCUT2D eigenvalue weighted by atomic mass is 79.9. The monoisotopic (exact) mass is 346 g/mol. The normalized spacial score (nSPS) is 14.4. The van der Waals surface area contributed by atoms with Crippen LogP contribution >= 0.6 is 15.9 Å². The van der Waals surface area contributed by atoms with Crippen LogP contribution in [0.1, 0.15) is 41.9 Å². The average molecular weight is 347 g/mol. The number of fused-ring (bicyclic) bond motifs is 1. The van der Waals surface area contributed by atoms with Gasteiger partial charge in [0, 0.05) is 22.2 Å². The molecule has 0 saturated carbocycles. The number of nitrogen functional groups attached to an aromatic ring is 1. The number of hydrazine groups is 1. The van der Waals surface area contributed by atoms with Crippen LogP contribution in [0.3, 0.4) is 0 Å². The Balaban J connectivity index is 1.94. The van der Waals surface area contributed by atoms with Crippen molar-refractivity contribution in [2.45, 2.75) is 38.5 Å². The molecule has 0 saturated heterocycles. The minimum atomic E-state index is 0.724. The van der Waals surface area contributed by atoms with Crippen LogP contribution in [0.5, 0.6) is 0 Å². The van der Waals surface area contributed by atoms with Gasteiger partial charge in [0.1, 0.15) is 11.6 Å². The minimum absolute atomic E-state index is 0.724. The van der Waals surface area contributed by atoms with Crippen LogP contribution in [0.25, 0.3) is 0 Å². The number of hydrogen-bond donors (Lipinski definition) is 2. The van der Waals surface area contributed by atoms with Crippen molar-refractivity contribution in [1.29, 1.82) is 0 Å². The molecule has 1 aromatic carbocycles. The van der Waals surface area contributed by atoms with Gasteiger partial charge in [-0.1, -0.05) is 34.5 Å². The first-order valence-corrected chi connectivity index (χ1v) is 8.15. The third kappa shape index (κ3) is 3.41. The van der Waals surface area contributed by atoms with Crippen molar-refractivity contribution < 1.29 is 0 Å². The first-order valence-electron chi connectivity index (χ1n) is 7.36. The SMILES string of the molecule is NNc1nc(Cc2cccc(Br)c2)nc2c1CCCCC2. The van der Waals surface area contributed by atoms with Gasteiger partial charge in [-0.15, -0.1) is 0 Å². The summed E-state index contributed by atoms with van der Waals surface area (Å²) < 4.78 is 1.08. The van der Waals surface area contributed by atoms with Gasteiger partial charge in [0.15, 0.2) is 0 Å². The molecule has 4 nitrogen and oxygen atoms in total. The van der Waals surface area contributed by atoms with Crippen LogP contribution in [0.2, 0.25) is 0 Å². The highest BCUT2D eigenvalue weighted by molar-refractivity contribution is 9.10. The second kappa shape index (κ2) is 6.54. The van der Waals surface area contributed by atoms with Crippen LogP contribution in [0.4, 0.5) is 5.82 Å². The lowest BCUT2D eigenvalue weighted by Crippen LogP contribution is -2.15. The number of aromatic nitrogens is 2. The van der Waals surface area contributed by atoms with E-state index in [4.69, 9.17) is 10.8 Å². The van der Waals surface area contributed by atoms with Crippen molar-refractivity contribution in [2.75, 3.05) is 5.43 Å². The molecule has 0 bridgehead atoms. The van der Waals surface area contributed by atoms with Crippen molar-refractivity contribution in [3.8, 4) is 0 Å². The molecule has 5 heteroatoms. The fraction of sp³-hybridized carbons (Fsp3) is 0.375. The largest absolute Gasteiger partial charge is 0.308 e. The van der Waals surface area contributed by atoms with Gasteiger partial charge in [0.25, 0.3) is 0 Å². The summed E-state index contributed by atoms with van der Waals surface area (Å²) in [6.07, 6.45) is 6.41. The number of rotatable bonds is 3. The van der Waals surface area contributed by atoms with Gasteiger partial charge in [0.2, 0.25) is 0 Å². The van der Waals surface area contributed by atoms with Gasteiger partial charge in [-0.25, -0.2) is 15.8 Å². The van der Waals surface area contributed by atoms with E-state index in [-0.39, 0.29) is 0 Å². The molecule has 0 fully saturated rings. The third-order valence-corrected chi connectivity index (χ3v) is 4.36. The Morgan fingerprint density at radius 1 is 1.14 bits per heavy atom. The van der Waals surface area contributed by atoms with Gasteiger partial charge < -0.3 is 5.43 Å². The van der Waals surface area contributed by atoms with Gasteiger partial charge >= 0.3 is 0 Å². The summed E-state index contributed by atoms with van der Waals surface area (Å²) in [6.45, 7) is 0. The first-order chi connectivity index (χ1) is 10.3. The Kier molecular flexibility index (Phi) is 4.51. The molecular weight excluding hydrogens is 328 g/mol. The molecule has 1 aromatic heterocycles. The summed E-state index contributed by atoms with van der Waals surface area (Å²) in [5.74, 6) is 7.30. The maximum absolute atomic E-state index is 5.66. The number of halogens is 1. The Labute approximate surface area is 133 Å². The number of anilines is 1. The molecule has 0 unspecified atom stereocenters. The molecule has 110 valence electrons. The lowest BCUT2D eigenvalue weighted by Gasteiger charge is -2.12. The molecule has 0 atom stereocenters. The Morgan fingerprint density at radius 2 is 2.00 bits per heavy atom. The van der Waals surface area contributed by atoms with E-state index >= 15 is 0 Å². The zero-order chi connectivity index (χ0) is 14.7. The zero-order valence-corrected chi connectivity index (χ0v) is 13.5. The van der Waals surface area contributed by atoms with Gasteiger partial charge in [-0.3, -0.25) is 0 Å². The standard InChI is InChI=1S/C16H19BrN4/c17-12-6-4-5-11(9-12)10-15-19-14-8-3-1-2-7-13(14)16(20-15)21-18/h4-6,9H,1-3,7-8,10,18H2,(H,19,20,21). The topological polar surface area (TPSA) is 63.8 Å². The van der Waals surface area contributed by atoms with Crippen LogP contribution in [-0.2, 0) is 19.3 Å². The average Bonchev–Trinajstić information content (AvgIpc) is 2.71. The molecule has 1 aliphatic rings. The number of benzene rings is 1. The summed E-state index contributed by atoms with van der Waals surface area (Å²) in [6, 6.07) is 8.25. The van der Waals surface area contributed by atoms with Crippen molar-refractivity contribution >= 4 is 21.7 Å². The van der Waals surface area contributed by atoms with E-state index in [1.54, 1.807) is 0 Å². The smallest absolute Gasteiger partial charge is 0.147 e. The molecular formula is C16H19BrN4. The van der Waals surface area contributed by atoms with Crippen molar-refractivity contribution in [3.63, 3.8) is 0 Å². The van der Waals surface area contributed by atoms with Crippen LogP contribution in [0.15, 0.2) is 28.7 Å². The molecule has 1 aliphatic carbocycles. The van der Waals surface area contributed by atoms with Gasteiger partial charge in [-0.05, 0) is 43.4 Å². The predicted molar refractivity (Wildman–Crippen MR) is 88.0 cm³/mol. The van der Waals surface area contributed by atoms with E-state index in [1.807, 2.05) is 12.1 Å². The second-order valence-corrected chi connectivity index (χ2v) is 6.34. The Morgan fingerprint density at radius 3 is 2.81 bits per heavy atom. The number of hydrogen-bond acceptors (Lipinski definition) is 4. The molecule has 1 heterocycles. The molecule has 0 radical (unpaired) electrons. The maximum atomic E-state index is 5.66. The highest BCUT2D eigenvalue weighted by Gasteiger charge is 2.16. The summed E-state index contributed by atoms with van der Waals surface area (Å²) >= 11 is 3.50. The van der Waals surface area contributed by atoms with Crippen molar-refractivity contribution in [1.82, 2.24) is 9.97 Å². The summed E-state index contributed by atoms with van der Waals surface area (Å²) in [4.78, 5) is 9.39. The number of nitrogens with zero attached hydrogens (tertiary/aromatic N) is 2. The van der Waals surface area contributed by atoms with Crippen LogP contribution in [-0.4, -0.2) is 9.97 Å². The number of nitrogens with one attached hydrogen (secondary N) is 1. The molecule has 21 heavy (non-hydrogen) atoms. The summed E-state index contributed by atoms with van der Waals surface area (Å²) in [7, 11) is 0. The van der Waals surface area contributed by atoms with Crippen molar-refractivity contribution in [2.24, 2.45) is 5.84 Å². The third-order valence-electron chi connectivity index (χ3n) is 3.87. The van der Waals surface area contributed by atoms with Crippen molar-refractivity contribution in [3.05, 3.63) is 51.4 Å². The van der Waals surface area contributed by atoms with Crippen LogP contribution in [0, 0.1) is 0 Å². The number of nitrogens with two attached hydrogens (primary N) is 1. The van der Waals surface area contributed by atoms with E-state index in [0.717, 1.165) is 35.4 Å². The Bertz CT molecular complexity index is 642. The molecule has 0 spiro atoms. The second-order valence-electron chi connectivity index (χ2n) is 5.43. The molecule has 3 N–H and O–H groups in total. The minimum Gasteiger partial charge on any atom is -0.308 e. The fourth-order valence-electron chi connectivity index (χ4n) is 2.85. The van der Waals surface area contributed by atoms with E-state index in [1.165, 1.54) is 36.1 Å². The summed E-state index contributed by atoms with van der Waals surface area (Å²) in [5.41, 5.74) is 6.32. The van der Waals surface area contributed by atoms with Gasteiger partial charge in [0.05, 0.1) is 0 Å². The van der Waals surface area contributed by atoms with Gasteiger partial charge in [-0.2, -0.15) is 0 Å². The lowest BCUT2D eigenvalue weighted by molar-refractivity contribution is 0.708. The van der Waals surface area contributed by atoms with E-state index in [9.17, 15) is 0 Å². The maximum Gasteiger partial charge on any atom is 0.147 e. The molecule has 0 aliphatic heterocycles. The quantitative estimate of drug-likeness (QED) is 0.508. The van der Waals surface area contributed by atoms with E-state index < -0.39 is 0 Å². The van der Waals surface area contributed by atoms with E-state index in [0.29, 0.717) is 0 Å². The highest BCUT2D eigenvalue weighted by Crippen LogP contribution is 2.25.